The van der Waals surface area contributed by atoms with Crippen molar-refractivity contribution in [3.8, 4) is 5.75 Å². The first-order valence-corrected chi connectivity index (χ1v) is 8.02. The Morgan fingerprint density at radius 2 is 2.00 bits per heavy atom. The van der Waals surface area contributed by atoms with Gasteiger partial charge in [0, 0.05) is 39.1 Å². The lowest BCUT2D eigenvalue weighted by molar-refractivity contribution is -0.130. The average Bonchev–Trinajstić information content (AvgIpc) is 2.50. The van der Waals surface area contributed by atoms with Gasteiger partial charge in [0.15, 0.2) is 0 Å². The Hall–Kier alpha value is -1.75. The number of nitrogens with two attached hydrogens (primary N) is 1. The largest absolute Gasteiger partial charge is 0.492 e. The summed E-state index contributed by atoms with van der Waals surface area (Å²) < 4.78 is 5.47. The van der Waals surface area contributed by atoms with Gasteiger partial charge in [0.1, 0.15) is 5.75 Å². The van der Waals surface area contributed by atoms with Crippen LogP contribution in [0.5, 0.6) is 5.75 Å². The number of hydrogen-bond acceptors (Lipinski definition) is 4. The highest BCUT2D eigenvalue weighted by molar-refractivity contribution is 5.73. The zero-order valence-corrected chi connectivity index (χ0v) is 13.8. The molecule has 22 heavy (non-hydrogen) atoms. The second-order valence-electron chi connectivity index (χ2n) is 5.90. The first-order valence-electron chi connectivity index (χ1n) is 8.02. The maximum atomic E-state index is 11.4. The van der Waals surface area contributed by atoms with Crippen molar-refractivity contribution in [3.63, 3.8) is 0 Å². The van der Waals surface area contributed by atoms with Crippen molar-refractivity contribution in [3.05, 3.63) is 23.8 Å². The van der Waals surface area contributed by atoms with Crippen LogP contribution in [0, 0.1) is 0 Å². The van der Waals surface area contributed by atoms with E-state index in [2.05, 4.69) is 17.9 Å². The number of carbonyl (C=O) groups is 1. The van der Waals surface area contributed by atoms with Gasteiger partial charge in [-0.2, -0.15) is 0 Å². The number of rotatable bonds is 5. The molecule has 1 atom stereocenters. The number of anilines is 1. The highest BCUT2D eigenvalue weighted by Gasteiger charge is 2.22. The van der Waals surface area contributed by atoms with Gasteiger partial charge in [-0.25, -0.2) is 0 Å². The summed E-state index contributed by atoms with van der Waals surface area (Å²) in [5, 5.41) is 0. The number of nitrogen functional groups attached to an aromatic ring is 1. The zero-order valence-electron chi connectivity index (χ0n) is 13.8. The molecule has 5 nitrogen and oxygen atoms in total. The number of piperazine rings is 1. The molecule has 1 aromatic carbocycles. The Balaban J connectivity index is 1.91. The fourth-order valence-corrected chi connectivity index (χ4v) is 2.96. The Morgan fingerprint density at radius 1 is 1.32 bits per heavy atom. The number of carbonyl (C=O) groups excluding carboxylic acids is 1. The summed E-state index contributed by atoms with van der Waals surface area (Å²) in [5.74, 6) is 0.931. The van der Waals surface area contributed by atoms with E-state index in [1.165, 1.54) is 5.56 Å². The Kier molecular flexibility index (Phi) is 5.66. The summed E-state index contributed by atoms with van der Waals surface area (Å²) in [5.41, 5.74) is 7.96. The van der Waals surface area contributed by atoms with E-state index in [4.69, 9.17) is 10.5 Å². The van der Waals surface area contributed by atoms with Crippen molar-refractivity contribution < 1.29 is 9.53 Å². The predicted octanol–water partition coefficient (Wildman–Crippen LogP) is 1.76. The average molecular weight is 305 g/mol. The second kappa shape index (κ2) is 7.49. The lowest BCUT2D eigenvalue weighted by Crippen LogP contribution is -2.51. The molecule has 1 saturated heterocycles. The molecule has 0 saturated carbocycles. The molecule has 1 fully saturated rings. The topological polar surface area (TPSA) is 58.8 Å². The maximum absolute atomic E-state index is 11.4. The third-order valence-electron chi connectivity index (χ3n) is 4.29. The lowest BCUT2D eigenvalue weighted by Gasteiger charge is -2.37. The number of benzene rings is 1. The molecule has 1 aromatic rings. The number of nitrogens with zero attached hydrogens (tertiary/aromatic N) is 2. The van der Waals surface area contributed by atoms with Gasteiger partial charge in [0.2, 0.25) is 5.91 Å². The highest BCUT2D eigenvalue weighted by atomic mass is 16.5. The van der Waals surface area contributed by atoms with Gasteiger partial charge in [0.05, 0.1) is 12.3 Å². The molecule has 2 rings (SSSR count). The first-order chi connectivity index (χ1) is 10.5. The van der Waals surface area contributed by atoms with Crippen LogP contribution in [0.3, 0.4) is 0 Å². The van der Waals surface area contributed by atoms with Gasteiger partial charge in [0.25, 0.3) is 0 Å². The van der Waals surface area contributed by atoms with Gasteiger partial charge in [-0.15, -0.1) is 0 Å². The molecule has 1 aliphatic heterocycles. The van der Waals surface area contributed by atoms with Crippen LogP contribution in [0.2, 0.25) is 0 Å². The number of amides is 1. The lowest BCUT2D eigenvalue weighted by atomic mass is 10.0. The van der Waals surface area contributed by atoms with Crippen molar-refractivity contribution in [1.29, 1.82) is 0 Å². The van der Waals surface area contributed by atoms with E-state index in [0.29, 0.717) is 18.3 Å². The molecule has 1 unspecified atom stereocenters. The fraction of sp³-hybridized carbons (Fsp3) is 0.588. The summed E-state index contributed by atoms with van der Waals surface area (Å²) in [7, 11) is 0. The SMILES string of the molecule is CCOc1ccc(CC(C)N2CCN(C(C)=O)CC2)cc1N. The molecule has 0 bridgehead atoms. The van der Waals surface area contributed by atoms with Gasteiger partial charge < -0.3 is 15.4 Å². The summed E-state index contributed by atoms with van der Waals surface area (Å²) in [6.45, 7) is 9.98. The van der Waals surface area contributed by atoms with Crippen LogP contribution in [-0.2, 0) is 11.2 Å². The van der Waals surface area contributed by atoms with Crippen LogP contribution in [0.4, 0.5) is 5.69 Å². The van der Waals surface area contributed by atoms with Gasteiger partial charge >= 0.3 is 0 Å². The number of hydrogen-bond donors (Lipinski definition) is 1. The predicted molar refractivity (Wildman–Crippen MR) is 89.0 cm³/mol. The Bertz CT molecular complexity index is 511. The molecule has 1 aliphatic rings. The van der Waals surface area contributed by atoms with Crippen molar-refractivity contribution in [2.24, 2.45) is 0 Å². The molecule has 0 spiro atoms. The molecular formula is C17H27N3O2. The van der Waals surface area contributed by atoms with E-state index in [1.54, 1.807) is 6.92 Å². The highest BCUT2D eigenvalue weighted by Crippen LogP contribution is 2.24. The van der Waals surface area contributed by atoms with Gasteiger partial charge in [-0.3, -0.25) is 9.69 Å². The van der Waals surface area contributed by atoms with E-state index in [0.717, 1.165) is 38.3 Å². The summed E-state index contributed by atoms with van der Waals surface area (Å²) >= 11 is 0. The maximum Gasteiger partial charge on any atom is 0.219 e. The monoisotopic (exact) mass is 305 g/mol. The minimum atomic E-state index is 0.173. The normalized spacial score (nSPS) is 17.3. The molecule has 5 heteroatoms. The van der Waals surface area contributed by atoms with Gasteiger partial charge in [-0.1, -0.05) is 6.07 Å². The molecular weight excluding hydrogens is 278 g/mol. The molecule has 0 aliphatic carbocycles. The molecule has 2 N–H and O–H groups in total. The van der Waals surface area contributed by atoms with Crippen molar-refractivity contribution in [2.75, 3.05) is 38.5 Å². The van der Waals surface area contributed by atoms with Crippen LogP contribution in [0.1, 0.15) is 26.3 Å². The van der Waals surface area contributed by atoms with Crippen LogP contribution in [0.25, 0.3) is 0 Å². The van der Waals surface area contributed by atoms with Crippen LogP contribution in [0.15, 0.2) is 18.2 Å². The number of ether oxygens (including phenoxy) is 1. The molecule has 1 heterocycles. The smallest absolute Gasteiger partial charge is 0.219 e. The summed E-state index contributed by atoms with van der Waals surface area (Å²) in [4.78, 5) is 15.7. The molecule has 1 amide bonds. The van der Waals surface area contributed by atoms with Crippen molar-refractivity contribution in [1.82, 2.24) is 9.80 Å². The third-order valence-corrected chi connectivity index (χ3v) is 4.29. The summed E-state index contributed by atoms with van der Waals surface area (Å²) in [6, 6.07) is 6.48. The minimum Gasteiger partial charge on any atom is -0.492 e. The van der Waals surface area contributed by atoms with Crippen LogP contribution < -0.4 is 10.5 Å². The van der Waals surface area contributed by atoms with Gasteiger partial charge in [-0.05, 0) is 38.0 Å². The standard InChI is InChI=1S/C17H27N3O2/c1-4-22-17-6-5-15(12-16(17)18)11-13(2)19-7-9-20(10-8-19)14(3)21/h5-6,12-13H,4,7-11,18H2,1-3H3. The summed E-state index contributed by atoms with van der Waals surface area (Å²) in [6.07, 6.45) is 0.955. The quantitative estimate of drug-likeness (QED) is 0.842. The Morgan fingerprint density at radius 3 is 2.55 bits per heavy atom. The van der Waals surface area contributed by atoms with Crippen LogP contribution >= 0.6 is 0 Å². The van der Waals surface area contributed by atoms with Crippen molar-refractivity contribution in [2.45, 2.75) is 33.2 Å². The van der Waals surface area contributed by atoms with E-state index < -0.39 is 0 Å². The van der Waals surface area contributed by atoms with E-state index in [1.807, 2.05) is 24.0 Å². The second-order valence-corrected chi connectivity index (χ2v) is 5.90. The third kappa shape index (κ3) is 4.13. The fourth-order valence-electron chi connectivity index (χ4n) is 2.96. The molecule has 0 aromatic heterocycles. The molecule has 122 valence electrons. The van der Waals surface area contributed by atoms with E-state index in [-0.39, 0.29) is 5.91 Å². The zero-order chi connectivity index (χ0) is 16.1. The molecule has 0 radical (unpaired) electrons. The minimum absolute atomic E-state index is 0.173. The Labute approximate surface area is 133 Å². The van der Waals surface area contributed by atoms with Crippen LogP contribution in [-0.4, -0.2) is 54.5 Å². The van der Waals surface area contributed by atoms with E-state index in [9.17, 15) is 4.79 Å². The first kappa shape index (κ1) is 16.6. The van der Waals surface area contributed by atoms with E-state index >= 15 is 0 Å². The van der Waals surface area contributed by atoms with Crippen molar-refractivity contribution >= 4 is 11.6 Å².